The summed E-state index contributed by atoms with van der Waals surface area (Å²) in [7, 11) is 1.88. The maximum Gasteiger partial charge on any atom is 0.280 e. The number of nitrogens with zero attached hydrogens (tertiary/aromatic N) is 3. The van der Waals surface area contributed by atoms with Crippen LogP contribution in [0.5, 0.6) is 10.9 Å². The Hall–Kier alpha value is -1.07. The van der Waals surface area contributed by atoms with E-state index in [1.165, 1.54) is 11.3 Å². The highest BCUT2D eigenvalue weighted by molar-refractivity contribution is 7.11. The van der Waals surface area contributed by atoms with E-state index in [0.29, 0.717) is 10.3 Å². The highest BCUT2D eigenvalue weighted by atomic mass is 35.5. The lowest BCUT2D eigenvalue weighted by Crippen LogP contribution is -1.92. The molecule has 15 heavy (non-hydrogen) atoms. The van der Waals surface area contributed by atoms with Crippen LogP contribution >= 0.6 is 22.9 Å². The van der Waals surface area contributed by atoms with Gasteiger partial charge in [0.2, 0.25) is 0 Å². The van der Waals surface area contributed by atoms with Gasteiger partial charge in [-0.2, -0.15) is 10.1 Å². The van der Waals surface area contributed by atoms with Crippen molar-refractivity contribution in [3.8, 4) is 10.9 Å². The Labute approximate surface area is 96.5 Å². The molecule has 6 heteroatoms. The first-order valence-corrected chi connectivity index (χ1v) is 5.62. The van der Waals surface area contributed by atoms with Crippen molar-refractivity contribution in [2.75, 3.05) is 0 Å². The lowest BCUT2D eigenvalue weighted by Gasteiger charge is -2.00. The molecule has 0 atom stereocenters. The van der Waals surface area contributed by atoms with Crippen molar-refractivity contribution >= 4 is 22.9 Å². The number of rotatable bonds is 2. The third kappa shape index (κ3) is 1.98. The standard InChI is InChI=1S/C9H10ClN3OS/c1-5-8(6(2)13(3)12-5)14-9-11-7(10)4-15-9/h4H,1-3H3. The molecule has 0 radical (unpaired) electrons. The lowest BCUT2D eigenvalue weighted by atomic mass is 10.3. The predicted molar refractivity (Wildman–Crippen MR) is 59.9 cm³/mol. The van der Waals surface area contributed by atoms with Crippen LogP contribution in [0.2, 0.25) is 5.15 Å². The quantitative estimate of drug-likeness (QED) is 0.814. The van der Waals surface area contributed by atoms with E-state index in [4.69, 9.17) is 16.3 Å². The summed E-state index contributed by atoms with van der Waals surface area (Å²) in [6.45, 7) is 3.85. The summed E-state index contributed by atoms with van der Waals surface area (Å²) in [6.07, 6.45) is 0. The number of aryl methyl sites for hydroxylation is 2. The van der Waals surface area contributed by atoms with Gasteiger partial charge in [-0.05, 0) is 13.8 Å². The summed E-state index contributed by atoms with van der Waals surface area (Å²) in [5.74, 6) is 0.753. The molecule has 0 amide bonds. The van der Waals surface area contributed by atoms with E-state index in [-0.39, 0.29) is 0 Å². The van der Waals surface area contributed by atoms with Crippen LogP contribution in [0.4, 0.5) is 0 Å². The van der Waals surface area contributed by atoms with Crippen LogP contribution < -0.4 is 4.74 Å². The van der Waals surface area contributed by atoms with Crippen LogP contribution in [0.3, 0.4) is 0 Å². The number of thiazole rings is 1. The maximum atomic E-state index is 5.71. The van der Waals surface area contributed by atoms with Crippen molar-refractivity contribution in [1.29, 1.82) is 0 Å². The molecule has 2 aromatic heterocycles. The van der Waals surface area contributed by atoms with Gasteiger partial charge in [-0.15, -0.1) is 0 Å². The number of hydrogen-bond acceptors (Lipinski definition) is 4. The normalized spacial score (nSPS) is 10.7. The van der Waals surface area contributed by atoms with Gasteiger partial charge in [-0.25, -0.2) is 0 Å². The van der Waals surface area contributed by atoms with Gasteiger partial charge in [0.15, 0.2) is 5.75 Å². The van der Waals surface area contributed by atoms with Gasteiger partial charge in [0.05, 0.1) is 5.69 Å². The minimum Gasteiger partial charge on any atom is -0.427 e. The molecule has 0 unspecified atom stereocenters. The van der Waals surface area contributed by atoms with Gasteiger partial charge >= 0.3 is 0 Å². The minimum atomic E-state index is 0.453. The number of halogens is 1. The smallest absolute Gasteiger partial charge is 0.280 e. The summed E-state index contributed by atoms with van der Waals surface area (Å²) in [4.78, 5) is 4.02. The highest BCUT2D eigenvalue weighted by Crippen LogP contribution is 2.30. The zero-order valence-corrected chi connectivity index (χ0v) is 10.2. The summed E-state index contributed by atoms with van der Waals surface area (Å²) in [5.41, 5.74) is 1.82. The topological polar surface area (TPSA) is 39.9 Å². The van der Waals surface area contributed by atoms with E-state index in [2.05, 4.69) is 10.1 Å². The molecule has 0 N–H and O–H groups in total. The number of hydrogen-bond donors (Lipinski definition) is 0. The average Bonchev–Trinajstić information content (AvgIpc) is 2.67. The molecule has 0 aliphatic rings. The van der Waals surface area contributed by atoms with Gasteiger partial charge in [-0.3, -0.25) is 4.68 Å². The van der Waals surface area contributed by atoms with Crippen molar-refractivity contribution in [3.05, 3.63) is 21.9 Å². The van der Waals surface area contributed by atoms with E-state index < -0.39 is 0 Å². The molecule has 2 rings (SSSR count). The molecule has 80 valence electrons. The van der Waals surface area contributed by atoms with Crippen molar-refractivity contribution in [2.24, 2.45) is 7.05 Å². The van der Waals surface area contributed by atoms with Gasteiger partial charge in [-0.1, -0.05) is 22.9 Å². The van der Waals surface area contributed by atoms with E-state index in [1.807, 2.05) is 20.9 Å². The third-order valence-corrected chi connectivity index (χ3v) is 3.13. The monoisotopic (exact) mass is 243 g/mol. The maximum absolute atomic E-state index is 5.71. The van der Waals surface area contributed by atoms with Crippen LogP contribution in [-0.2, 0) is 7.05 Å². The van der Waals surface area contributed by atoms with Gasteiger partial charge < -0.3 is 4.74 Å². The number of ether oxygens (including phenoxy) is 1. The molecule has 0 fully saturated rings. The van der Waals surface area contributed by atoms with Gasteiger partial charge in [0, 0.05) is 12.4 Å². The third-order valence-electron chi connectivity index (χ3n) is 2.09. The van der Waals surface area contributed by atoms with Crippen molar-refractivity contribution in [2.45, 2.75) is 13.8 Å². The second-order valence-electron chi connectivity index (χ2n) is 3.16. The van der Waals surface area contributed by atoms with Gasteiger partial charge in [0.25, 0.3) is 5.19 Å². The van der Waals surface area contributed by atoms with Crippen molar-refractivity contribution < 1.29 is 4.74 Å². The van der Waals surface area contributed by atoms with Crippen molar-refractivity contribution in [3.63, 3.8) is 0 Å². The molecule has 0 saturated heterocycles. The molecule has 0 bridgehead atoms. The average molecular weight is 244 g/mol. The Kier molecular flexibility index (Phi) is 2.67. The zero-order chi connectivity index (χ0) is 11.0. The second-order valence-corrected chi connectivity index (χ2v) is 4.37. The summed E-state index contributed by atoms with van der Waals surface area (Å²) in [5, 5.41) is 6.98. The first-order valence-electron chi connectivity index (χ1n) is 4.37. The molecule has 0 aliphatic carbocycles. The van der Waals surface area contributed by atoms with Crippen LogP contribution in [0.25, 0.3) is 0 Å². The molecule has 0 aromatic carbocycles. The first-order chi connectivity index (χ1) is 7.08. The second kappa shape index (κ2) is 3.83. The molecule has 2 aromatic rings. The summed E-state index contributed by atoms with van der Waals surface area (Å²) in [6, 6.07) is 0. The Morgan fingerprint density at radius 1 is 1.47 bits per heavy atom. The molecular weight excluding hydrogens is 234 g/mol. The summed E-state index contributed by atoms with van der Waals surface area (Å²) >= 11 is 7.08. The fourth-order valence-corrected chi connectivity index (χ4v) is 2.07. The first kappa shape index (κ1) is 10.4. The van der Waals surface area contributed by atoms with Crippen LogP contribution in [0, 0.1) is 13.8 Å². The Balaban J connectivity index is 2.31. The Morgan fingerprint density at radius 3 is 2.67 bits per heavy atom. The zero-order valence-electron chi connectivity index (χ0n) is 8.61. The molecule has 0 saturated carbocycles. The Bertz CT molecular complexity index is 492. The lowest BCUT2D eigenvalue weighted by molar-refractivity contribution is 0.470. The highest BCUT2D eigenvalue weighted by Gasteiger charge is 2.13. The molecule has 0 spiro atoms. The fourth-order valence-electron chi connectivity index (χ4n) is 1.28. The predicted octanol–water partition coefficient (Wildman–Crippen LogP) is 2.94. The fraction of sp³-hybridized carbons (Fsp3) is 0.333. The molecular formula is C9H10ClN3OS. The molecule has 4 nitrogen and oxygen atoms in total. The van der Waals surface area contributed by atoms with Crippen LogP contribution in [-0.4, -0.2) is 14.8 Å². The summed E-state index contributed by atoms with van der Waals surface area (Å²) < 4.78 is 7.40. The largest absolute Gasteiger partial charge is 0.427 e. The minimum absolute atomic E-state index is 0.453. The SMILES string of the molecule is Cc1nn(C)c(C)c1Oc1nc(Cl)cs1. The number of aromatic nitrogens is 3. The van der Waals surface area contributed by atoms with E-state index >= 15 is 0 Å². The van der Waals surface area contributed by atoms with Gasteiger partial charge in [0.1, 0.15) is 10.8 Å². The Morgan fingerprint density at radius 2 is 2.20 bits per heavy atom. The van der Waals surface area contributed by atoms with Crippen molar-refractivity contribution in [1.82, 2.24) is 14.8 Å². The van der Waals surface area contributed by atoms with E-state index in [9.17, 15) is 0 Å². The van der Waals surface area contributed by atoms with E-state index in [0.717, 1.165) is 17.1 Å². The van der Waals surface area contributed by atoms with E-state index in [1.54, 1.807) is 10.1 Å². The molecule has 2 heterocycles. The van der Waals surface area contributed by atoms with Crippen LogP contribution in [0.1, 0.15) is 11.4 Å². The molecule has 0 aliphatic heterocycles. The van der Waals surface area contributed by atoms with Crippen LogP contribution in [0.15, 0.2) is 5.38 Å².